The third-order valence-electron chi connectivity index (χ3n) is 9.33. The van der Waals surface area contributed by atoms with Crippen LogP contribution in [0.1, 0.15) is 118 Å². The molecule has 4 aliphatic heterocycles. The van der Waals surface area contributed by atoms with E-state index in [1.54, 1.807) is 6.07 Å². The number of benzene rings is 4. The lowest BCUT2D eigenvalue weighted by molar-refractivity contribution is -0.173. The van der Waals surface area contributed by atoms with Gasteiger partial charge in [-0.15, -0.1) is 0 Å². The van der Waals surface area contributed by atoms with Gasteiger partial charge in [-0.1, -0.05) is 132 Å². The lowest BCUT2D eigenvalue weighted by Crippen LogP contribution is -2.28. The SMILES string of the molecule is CC(C)(C)c1ccc2c(c1)OCO2.CC(C)(C)c1cccc2c1OCC2.CC(C)(C)c1cccc2c1OCO2.CC1(F)Oc2cccc(C(C)(C)C)c2O1. The van der Waals surface area contributed by atoms with Gasteiger partial charge < -0.3 is 33.2 Å². The zero-order valence-electron chi connectivity index (χ0n) is 34.5. The summed E-state index contributed by atoms with van der Waals surface area (Å²) in [5, 5.41) is 0. The van der Waals surface area contributed by atoms with Crippen molar-refractivity contribution < 1.29 is 37.5 Å². The minimum absolute atomic E-state index is 0.0882. The van der Waals surface area contributed by atoms with Crippen LogP contribution in [0.5, 0.6) is 40.2 Å². The van der Waals surface area contributed by atoms with Crippen LogP contribution >= 0.6 is 0 Å². The average molecular weight is 743 g/mol. The second kappa shape index (κ2) is 15.3. The Labute approximate surface area is 322 Å². The molecule has 0 saturated carbocycles. The number of ether oxygens (including phenoxy) is 7. The monoisotopic (exact) mass is 742 g/mol. The number of para-hydroxylation sites is 3. The molecule has 54 heavy (non-hydrogen) atoms. The molecule has 7 nitrogen and oxygen atoms in total. The van der Waals surface area contributed by atoms with Crippen molar-refractivity contribution in [2.24, 2.45) is 0 Å². The first-order valence-corrected chi connectivity index (χ1v) is 18.8. The molecule has 0 spiro atoms. The van der Waals surface area contributed by atoms with Gasteiger partial charge in [-0.2, -0.15) is 4.39 Å². The van der Waals surface area contributed by atoms with Crippen molar-refractivity contribution in [3.63, 3.8) is 0 Å². The van der Waals surface area contributed by atoms with Crippen LogP contribution < -0.4 is 33.2 Å². The van der Waals surface area contributed by atoms with Crippen molar-refractivity contribution in [1.82, 2.24) is 0 Å². The first kappa shape index (κ1) is 40.6. The number of hydrogen-bond donors (Lipinski definition) is 0. The number of alkyl halides is 1. The Hall–Kier alpha value is -4.59. The summed E-state index contributed by atoms with van der Waals surface area (Å²) in [7, 11) is 0. The molecule has 1 unspecified atom stereocenters. The molecule has 4 aromatic carbocycles. The predicted molar refractivity (Wildman–Crippen MR) is 213 cm³/mol. The van der Waals surface area contributed by atoms with Crippen molar-refractivity contribution in [3.05, 3.63) is 101 Å². The molecule has 0 radical (unpaired) electrons. The van der Waals surface area contributed by atoms with Gasteiger partial charge in [0.05, 0.1) is 6.61 Å². The maximum atomic E-state index is 13.5. The molecule has 4 aliphatic rings. The molecule has 0 saturated heterocycles. The van der Waals surface area contributed by atoms with Crippen molar-refractivity contribution in [1.29, 1.82) is 0 Å². The zero-order chi connectivity index (χ0) is 39.7. The van der Waals surface area contributed by atoms with Crippen molar-refractivity contribution in [2.75, 3.05) is 20.2 Å². The van der Waals surface area contributed by atoms with Crippen LogP contribution in [-0.4, -0.2) is 26.2 Å². The van der Waals surface area contributed by atoms with Crippen molar-refractivity contribution in [2.45, 2.75) is 124 Å². The van der Waals surface area contributed by atoms with Crippen LogP contribution in [0, 0.1) is 0 Å². The molecule has 4 aromatic rings. The molecule has 0 aromatic heterocycles. The second-order valence-electron chi connectivity index (χ2n) is 18.2. The summed E-state index contributed by atoms with van der Waals surface area (Å²) in [6.45, 7) is 28.7. The number of hydrogen-bond acceptors (Lipinski definition) is 7. The standard InChI is InChI=1S/C12H15FO2.C12H16O.2C11H14O2/c1-11(2,3)8-6-5-7-9-10(8)15-12(4,13)14-9;1-12(2,3)10-6-4-5-9-7-8-13-11(9)10;1-11(2,3)8-4-5-9-10(6-8)13-7-12-9;1-11(2,3)8-5-4-6-9-10(8)13-7-12-9/h5-7H,1-4H3;4-6H,7-8H2,1-3H3;2*4-6H,7H2,1-3H3. The van der Waals surface area contributed by atoms with E-state index >= 15 is 0 Å². The van der Waals surface area contributed by atoms with E-state index in [-0.39, 0.29) is 21.7 Å². The zero-order valence-corrected chi connectivity index (χ0v) is 34.5. The van der Waals surface area contributed by atoms with Crippen LogP contribution in [-0.2, 0) is 28.1 Å². The Morgan fingerprint density at radius 1 is 0.481 bits per heavy atom. The van der Waals surface area contributed by atoms with Gasteiger partial charge in [-0.25, -0.2) is 0 Å². The average Bonchev–Trinajstić information content (AvgIpc) is 3.87. The highest BCUT2D eigenvalue weighted by atomic mass is 19.2. The lowest BCUT2D eigenvalue weighted by atomic mass is 9.85. The Morgan fingerprint density at radius 3 is 1.61 bits per heavy atom. The molecule has 8 heteroatoms. The van der Waals surface area contributed by atoms with Crippen LogP contribution in [0.2, 0.25) is 0 Å². The van der Waals surface area contributed by atoms with Gasteiger partial charge in [0.1, 0.15) is 5.75 Å². The number of rotatable bonds is 0. The Balaban J connectivity index is 0.000000139. The summed E-state index contributed by atoms with van der Waals surface area (Å²) < 4.78 is 50.7. The van der Waals surface area contributed by atoms with E-state index in [1.165, 1.54) is 29.2 Å². The first-order valence-electron chi connectivity index (χ1n) is 18.8. The van der Waals surface area contributed by atoms with Crippen LogP contribution in [0.15, 0.2) is 72.8 Å². The van der Waals surface area contributed by atoms with Gasteiger partial charge in [0.25, 0.3) is 0 Å². The third-order valence-corrected chi connectivity index (χ3v) is 9.33. The molecule has 0 bridgehead atoms. The fraction of sp³-hybridized carbons (Fsp3) is 0.478. The topological polar surface area (TPSA) is 64.6 Å². The van der Waals surface area contributed by atoms with Gasteiger partial charge in [0.15, 0.2) is 34.5 Å². The first-order chi connectivity index (χ1) is 25.0. The highest BCUT2D eigenvalue weighted by molar-refractivity contribution is 5.52. The molecular formula is C46H59FO7. The molecular weight excluding hydrogens is 683 g/mol. The molecule has 8 rings (SSSR count). The number of fused-ring (bicyclic) bond motifs is 4. The molecule has 0 N–H and O–H groups in total. The Kier molecular flexibility index (Phi) is 11.5. The van der Waals surface area contributed by atoms with E-state index < -0.39 is 6.04 Å². The van der Waals surface area contributed by atoms with Crippen molar-refractivity contribution in [3.8, 4) is 40.2 Å². The lowest BCUT2D eigenvalue weighted by Gasteiger charge is -2.21. The normalized spacial score (nSPS) is 17.5. The fourth-order valence-electron chi connectivity index (χ4n) is 6.38. The molecule has 292 valence electrons. The smallest absolute Gasteiger partial charge is 0.404 e. The molecule has 0 fully saturated rings. The van der Waals surface area contributed by atoms with E-state index in [9.17, 15) is 4.39 Å². The van der Waals surface area contributed by atoms with Crippen LogP contribution in [0.25, 0.3) is 0 Å². The Bertz CT molecular complexity index is 1850. The highest BCUT2D eigenvalue weighted by Crippen LogP contribution is 2.46. The quantitative estimate of drug-likeness (QED) is 0.178. The summed E-state index contributed by atoms with van der Waals surface area (Å²) in [5.74, 6) is 5.64. The van der Waals surface area contributed by atoms with E-state index in [1.807, 2.05) is 30.3 Å². The summed E-state index contributed by atoms with van der Waals surface area (Å²) in [5.41, 5.74) is 6.53. The predicted octanol–water partition coefficient (Wildman–Crippen LogP) is 11.7. The van der Waals surface area contributed by atoms with Crippen molar-refractivity contribution >= 4 is 0 Å². The maximum absolute atomic E-state index is 13.5. The minimum Gasteiger partial charge on any atom is -0.493 e. The highest BCUT2D eigenvalue weighted by Gasteiger charge is 2.39. The fourth-order valence-corrected chi connectivity index (χ4v) is 6.38. The summed E-state index contributed by atoms with van der Waals surface area (Å²) in [4.78, 5) is 0. The molecule has 1 atom stereocenters. The van der Waals surface area contributed by atoms with E-state index in [0.717, 1.165) is 47.3 Å². The van der Waals surface area contributed by atoms with Gasteiger partial charge in [-0.05, 0) is 62.6 Å². The van der Waals surface area contributed by atoms with Crippen LogP contribution in [0.4, 0.5) is 4.39 Å². The van der Waals surface area contributed by atoms with Gasteiger partial charge in [0, 0.05) is 24.5 Å². The van der Waals surface area contributed by atoms with Gasteiger partial charge >= 0.3 is 6.04 Å². The number of halogens is 1. The summed E-state index contributed by atoms with van der Waals surface area (Å²) in [6, 6.07) is 22.1. The van der Waals surface area contributed by atoms with E-state index in [4.69, 9.17) is 33.2 Å². The third kappa shape index (κ3) is 9.74. The Morgan fingerprint density at radius 2 is 1.00 bits per heavy atom. The second-order valence-corrected chi connectivity index (χ2v) is 18.2. The van der Waals surface area contributed by atoms with Crippen LogP contribution in [0.3, 0.4) is 0 Å². The van der Waals surface area contributed by atoms with E-state index in [2.05, 4.69) is 119 Å². The molecule has 4 heterocycles. The van der Waals surface area contributed by atoms with E-state index in [0.29, 0.717) is 25.1 Å². The van der Waals surface area contributed by atoms with Gasteiger partial charge in [-0.3, -0.25) is 0 Å². The molecule has 0 amide bonds. The molecule has 0 aliphatic carbocycles. The summed E-state index contributed by atoms with van der Waals surface area (Å²) in [6.07, 6.45) is 1.07. The largest absolute Gasteiger partial charge is 0.493 e. The van der Waals surface area contributed by atoms with Gasteiger partial charge in [0.2, 0.25) is 13.6 Å². The minimum atomic E-state index is -2.04. The summed E-state index contributed by atoms with van der Waals surface area (Å²) >= 11 is 0. The maximum Gasteiger partial charge on any atom is 0.404 e.